The maximum Gasteiger partial charge on any atom is 0.167 e. The van der Waals surface area contributed by atoms with Crippen molar-refractivity contribution in [2.75, 3.05) is 5.73 Å². The van der Waals surface area contributed by atoms with E-state index < -0.39 is 23.2 Å². The quantitative estimate of drug-likeness (QED) is 0.846. The van der Waals surface area contributed by atoms with Crippen molar-refractivity contribution in [3.05, 3.63) is 53.3 Å². The van der Waals surface area contributed by atoms with E-state index in [1.54, 1.807) is 6.07 Å². The minimum Gasteiger partial charge on any atom is -0.451 e. The molecule has 0 aromatic heterocycles. The van der Waals surface area contributed by atoms with E-state index in [1.165, 1.54) is 6.07 Å². The second-order valence-electron chi connectivity index (χ2n) is 3.66. The minimum absolute atomic E-state index is 0.0915. The van der Waals surface area contributed by atoms with Crippen LogP contribution in [0.2, 0.25) is 0 Å². The number of nitrogens with two attached hydrogens (primary N) is 1. The Labute approximate surface area is 106 Å². The first-order valence-corrected chi connectivity index (χ1v) is 5.13. The zero-order valence-corrected chi connectivity index (χ0v) is 9.45. The summed E-state index contributed by atoms with van der Waals surface area (Å²) >= 11 is 0. The van der Waals surface area contributed by atoms with Gasteiger partial charge in [-0.1, -0.05) is 0 Å². The summed E-state index contributed by atoms with van der Waals surface area (Å²) in [5.74, 6) is -3.44. The van der Waals surface area contributed by atoms with Gasteiger partial charge in [-0.2, -0.15) is 5.26 Å². The Kier molecular flexibility index (Phi) is 3.29. The fourth-order valence-corrected chi connectivity index (χ4v) is 1.39. The zero-order chi connectivity index (χ0) is 14.0. The molecular weight excluding hydrogens is 257 g/mol. The molecule has 0 spiro atoms. The van der Waals surface area contributed by atoms with Crippen LogP contribution in [0.5, 0.6) is 11.5 Å². The lowest BCUT2D eigenvalue weighted by Gasteiger charge is -2.08. The number of nitrogens with zero attached hydrogens (tertiary/aromatic N) is 1. The van der Waals surface area contributed by atoms with Crippen molar-refractivity contribution in [1.82, 2.24) is 0 Å². The van der Waals surface area contributed by atoms with Gasteiger partial charge in [-0.3, -0.25) is 0 Å². The number of hydrogen-bond donors (Lipinski definition) is 1. The molecular formula is C13H7F3N2O. The molecule has 0 saturated carbocycles. The Morgan fingerprint density at radius 2 is 1.63 bits per heavy atom. The van der Waals surface area contributed by atoms with Crippen LogP contribution in [0.25, 0.3) is 0 Å². The highest BCUT2D eigenvalue weighted by molar-refractivity contribution is 5.46. The van der Waals surface area contributed by atoms with Crippen LogP contribution in [0.4, 0.5) is 18.9 Å². The first kappa shape index (κ1) is 12.8. The maximum absolute atomic E-state index is 13.5. The van der Waals surface area contributed by atoms with Crippen molar-refractivity contribution in [1.29, 1.82) is 5.26 Å². The molecule has 96 valence electrons. The molecule has 0 unspecified atom stereocenters. The predicted octanol–water partition coefficient (Wildman–Crippen LogP) is 3.35. The molecule has 2 rings (SSSR count). The minimum atomic E-state index is -0.914. The van der Waals surface area contributed by atoms with Crippen molar-refractivity contribution in [2.45, 2.75) is 0 Å². The van der Waals surface area contributed by atoms with Crippen LogP contribution in [0, 0.1) is 28.8 Å². The number of ether oxygens (including phenoxy) is 1. The average molecular weight is 264 g/mol. The third-order valence-electron chi connectivity index (χ3n) is 2.33. The molecule has 2 aromatic rings. The Bertz CT molecular complexity index is 680. The van der Waals surface area contributed by atoms with Crippen LogP contribution >= 0.6 is 0 Å². The summed E-state index contributed by atoms with van der Waals surface area (Å²) in [6.07, 6.45) is 0. The third-order valence-corrected chi connectivity index (χ3v) is 2.33. The van der Waals surface area contributed by atoms with Crippen LogP contribution in [0.15, 0.2) is 30.3 Å². The highest BCUT2D eigenvalue weighted by Crippen LogP contribution is 2.29. The van der Waals surface area contributed by atoms with Gasteiger partial charge in [0.25, 0.3) is 0 Å². The molecule has 0 saturated heterocycles. The molecule has 0 aliphatic heterocycles. The fourth-order valence-electron chi connectivity index (χ4n) is 1.39. The van der Waals surface area contributed by atoms with Crippen LogP contribution in [0.1, 0.15) is 5.56 Å². The van der Waals surface area contributed by atoms with Gasteiger partial charge in [0, 0.05) is 12.1 Å². The molecule has 0 fully saturated rings. The highest BCUT2D eigenvalue weighted by atomic mass is 19.1. The first-order valence-electron chi connectivity index (χ1n) is 5.13. The lowest BCUT2D eigenvalue weighted by molar-refractivity contribution is 0.411. The van der Waals surface area contributed by atoms with Crippen LogP contribution < -0.4 is 10.5 Å². The summed E-state index contributed by atoms with van der Waals surface area (Å²) in [5.41, 5.74) is 4.89. The van der Waals surface area contributed by atoms with E-state index in [9.17, 15) is 13.2 Å². The fraction of sp³-hybridized carbons (Fsp3) is 0. The van der Waals surface area contributed by atoms with E-state index in [1.807, 2.05) is 0 Å². The molecule has 0 aliphatic carbocycles. The zero-order valence-electron chi connectivity index (χ0n) is 9.45. The van der Waals surface area contributed by atoms with E-state index in [0.29, 0.717) is 0 Å². The lowest BCUT2D eigenvalue weighted by atomic mass is 10.2. The second-order valence-corrected chi connectivity index (χ2v) is 3.66. The summed E-state index contributed by atoms with van der Waals surface area (Å²) in [7, 11) is 0. The third kappa shape index (κ3) is 2.60. The van der Waals surface area contributed by atoms with Gasteiger partial charge in [-0.25, -0.2) is 13.2 Å². The Morgan fingerprint density at radius 1 is 0.947 bits per heavy atom. The number of hydrogen-bond acceptors (Lipinski definition) is 3. The molecule has 0 aliphatic rings. The van der Waals surface area contributed by atoms with Gasteiger partial charge in [-0.05, 0) is 18.2 Å². The Balaban J connectivity index is 2.37. The average Bonchev–Trinajstić information content (AvgIpc) is 2.38. The Hall–Kier alpha value is -2.68. The smallest absolute Gasteiger partial charge is 0.167 e. The van der Waals surface area contributed by atoms with E-state index >= 15 is 0 Å². The van der Waals surface area contributed by atoms with Gasteiger partial charge in [0.1, 0.15) is 5.82 Å². The van der Waals surface area contributed by atoms with E-state index in [2.05, 4.69) is 0 Å². The Morgan fingerprint density at radius 3 is 2.26 bits per heavy atom. The maximum atomic E-state index is 13.5. The van der Waals surface area contributed by atoms with Crippen molar-refractivity contribution in [3.63, 3.8) is 0 Å². The molecule has 0 heterocycles. The summed E-state index contributed by atoms with van der Waals surface area (Å²) in [4.78, 5) is 0. The molecule has 2 aromatic carbocycles. The molecule has 2 N–H and O–H groups in total. The van der Waals surface area contributed by atoms with Gasteiger partial charge in [0.05, 0.1) is 17.3 Å². The molecule has 0 bridgehead atoms. The van der Waals surface area contributed by atoms with Gasteiger partial charge in [-0.15, -0.1) is 0 Å². The molecule has 0 radical (unpaired) electrons. The molecule has 19 heavy (non-hydrogen) atoms. The van der Waals surface area contributed by atoms with E-state index in [-0.39, 0.29) is 17.0 Å². The van der Waals surface area contributed by atoms with Crippen LogP contribution in [-0.2, 0) is 0 Å². The highest BCUT2D eigenvalue weighted by Gasteiger charge is 2.12. The largest absolute Gasteiger partial charge is 0.451 e. The van der Waals surface area contributed by atoms with Gasteiger partial charge >= 0.3 is 0 Å². The summed E-state index contributed by atoms with van der Waals surface area (Å²) in [5, 5.41) is 8.57. The van der Waals surface area contributed by atoms with Crippen molar-refractivity contribution in [2.24, 2.45) is 0 Å². The molecule has 0 atom stereocenters. The number of anilines is 1. The second kappa shape index (κ2) is 4.90. The van der Waals surface area contributed by atoms with Crippen molar-refractivity contribution in [3.8, 4) is 17.6 Å². The summed E-state index contributed by atoms with van der Waals surface area (Å²) in [6, 6.07) is 6.59. The SMILES string of the molecule is N#Cc1ccc(Oc2cc(F)c(N)cc2F)c(F)c1. The molecule has 0 amide bonds. The molecule has 3 nitrogen and oxygen atoms in total. The van der Waals surface area contributed by atoms with Crippen LogP contribution in [-0.4, -0.2) is 0 Å². The van der Waals surface area contributed by atoms with E-state index in [0.717, 1.165) is 24.3 Å². The standard InChI is InChI=1S/C13H7F3N2O/c14-8-5-13(10(16)4-11(8)18)19-12-2-1-7(6-17)3-9(12)15/h1-5H,18H2. The topological polar surface area (TPSA) is 59.0 Å². The van der Waals surface area contributed by atoms with Gasteiger partial charge < -0.3 is 10.5 Å². The monoisotopic (exact) mass is 264 g/mol. The van der Waals surface area contributed by atoms with E-state index in [4.69, 9.17) is 15.7 Å². The number of rotatable bonds is 2. The number of halogens is 3. The number of nitrogen functional groups attached to an aromatic ring is 1. The van der Waals surface area contributed by atoms with Gasteiger partial charge in [0.2, 0.25) is 0 Å². The lowest BCUT2D eigenvalue weighted by Crippen LogP contribution is -1.96. The number of nitriles is 1. The van der Waals surface area contributed by atoms with Crippen molar-refractivity contribution >= 4 is 5.69 Å². The number of benzene rings is 2. The summed E-state index contributed by atoms with van der Waals surface area (Å²) < 4.78 is 45.1. The van der Waals surface area contributed by atoms with Gasteiger partial charge in [0.15, 0.2) is 23.1 Å². The normalized spacial score (nSPS) is 10.0. The predicted molar refractivity (Wildman–Crippen MR) is 62.0 cm³/mol. The first-order chi connectivity index (χ1) is 9.01. The van der Waals surface area contributed by atoms with Crippen molar-refractivity contribution < 1.29 is 17.9 Å². The van der Waals surface area contributed by atoms with Crippen LogP contribution in [0.3, 0.4) is 0 Å². The summed E-state index contributed by atoms with van der Waals surface area (Å²) in [6.45, 7) is 0. The molecule has 6 heteroatoms.